The number of rotatable bonds is 8. The number of benzene rings is 2. The van der Waals surface area contributed by atoms with Gasteiger partial charge < -0.3 is 10.2 Å². The highest BCUT2D eigenvalue weighted by Crippen LogP contribution is 2.32. The van der Waals surface area contributed by atoms with E-state index in [1.807, 2.05) is 29.2 Å². The van der Waals surface area contributed by atoms with E-state index in [1.165, 1.54) is 17.7 Å². The summed E-state index contributed by atoms with van der Waals surface area (Å²) >= 11 is 0. The predicted octanol–water partition coefficient (Wildman–Crippen LogP) is 5.78. The van der Waals surface area contributed by atoms with Gasteiger partial charge in [-0.05, 0) is 61.3 Å². The maximum atomic E-state index is 13.0. The van der Waals surface area contributed by atoms with Crippen LogP contribution in [0.15, 0.2) is 73.1 Å². The second-order valence-electron chi connectivity index (χ2n) is 8.29. The predicted molar refractivity (Wildman–Crippen MR) is 127 cm³/mol. The molecule has 0 unspecified atom stereocenters. The van der Waals surface area contributed by atoms with E-state index in [4.69, 9.17) is 0 Å². The molecular weight excluding hydrogens is 425 g/mol. The first kappa shape index (κ1) is 23.1. The topological polar surface area (TPSA) is 31.4 Å². The summed E-state index contributed by atoms with van der Waals surface area (Å²) in [5, 5.41) is 3.56. The molecule has 1 saturated heterocycles. The molecule has 1 aromatic heterocycles. The Morgan fingerprint density at radius 1 is 0.848 bits per heavy atom. The lowest BCUT2D eigenvalue weighted by molar-refractivity contribution is -0.137. The smallest absolute Gasteiger partial charge is 0.385 e. The summed E-state index contributed by atoms with van der Waals surface area (Å²) < 4.78 is 38.9. The Labute approximate surface area is 193 Å². The molecule has 0 atom stereocenters. The van der Waals surface area contributed by atoms with Gasteiger partial charge in [-0.2, -0.15) is 13.2 Å². The van der Waals surface area contributed by atoms with Crippen LogP contribution in [0.4, 0.5) is 24.5 Å². The summed E-state index contributed by atoms with van der Waals surface area (Å²) in [7, 11) is 0. The number of nitrogens with zero attached hydrogens (tertiary/aromatic N) is 3. The maximum Gasteiger partial charge on any atom is 0.416 e. The fourth-order valence-electron chi connectivity index (χ4n) is 4.21. The molecule has 3 aromatic rings. The minimum absolute atomic E-state index is 0.583. The van der Waals surface area contributed by atoms with Gasteiger partial charge in [0, 0.05) is 62.1 Å². The molecule has 1 aliphatic rings. The van der Waals surface area contributed by atoms with Crippen molar-refractivity contribution in [2.24, 2.45) is 0 Å². The molecule has 1 N–H and O–H groups in total. The summed E-state index contributed by atoms with van der Waals surface area (Å²) in [5.74, 6) is 0. The minimum atomic E-state index is -4.30. The van der Waals surface area contributed by atoms with Crippen LogP contribution in [0.25, 0.3) is 11.1 Å². The summed E-state index contributed by atoms with van der Waals surface area (Å²) in [5.41, 5.74) is 3.51. The molecule has 0 spiro atoms. The lowest BCUT2D eigenvalue weighted by Gasteiger charge is -2.36. The Balaban J connectivity index is 1.19. The van der Waals surface area contributed by atoms with Gasteiger partial charge in [-0.25, -0.2) is 0 Å². The number of anilines is 2. The summed E-state index contributed by atoms with van der Waals surface area (Å²) in [6.07, 6.45) is 1.44. The van der Waals surface area contributed by atoms with Crippen LogP contribution in [-0.2, 0) is 6.18 Å². The molecular formula is C26H29F3N4. The number of aromatic nitrogens is 1. The van der Waals surface area contributed by atoms with Crippen molar-refractivity contribution >= 4 is 11.4 Å². The minimum Gasteiger partial charge on any atom is -0.385 e. The van der Waals surface area contributed by atoms with E-state index in [0.717, 1.165) is 69.4 Å². The number of alkyl halides is 3. The van der Waals surface area contributed by atoms with Gasteiger partial charge >= 0.3 is 6.18 Å². The third kappa shape index (κ3) is 6.26. The second-order valence-corrected chi connectivity index (χ2v) is 8.29. The second kappa shape index (κ2) is 10.7. The van der Waals surface area contributed by atoms with Gasteiger partial charge in [0.1, 0.15) is 0 Å². The molecule has 0 amide bonds. The zero-order chi connectivity index (χ0) is 23.1. The van der Waals surface area contributed by atoms with Crippen molar-refractivity contribution in [3.8, 4) is 11.1 Å². The number of halogens is 3. The van der Waals surface area contributed by atoms with E-state index in [1.54, 1.807) is 18.5 Å². The van der Waals surface area contributed by atoms with E-state index >= 15 is 0 Å². The van der Waals surface area contributed by atoms with E-state index in [0.29, 0.717) is 5.69 Å². The first-order chi connectivity index (χ1) is 16.0. The lowest BCUT2D eigenvalue weighted by atomic mass is 10.0. The normalized spacial score (nSPS) is 14.9. The van der Waals surface area contributed by atoms with Gasteiger partial charge in [0.25, 0.3) is 0 Å². The molecule has 174 valence electrons. The average molecular weight is 455 g/mol. The fourth-order valence-corrected chi connectivity index (χ4v) is 4.21. The van der Waals surface area contributed by atoms with Gasteiger partial charge in [0.15, 0.2) is 0 Å². The van der Waals surface area contributed by atoms with Gasteiger partial charge in [-0.15, -0.1) is 0 Å². The Hall–Kier alpha value is -3.06. The van der Waals surface area contributed by atoms with Gasteiger partial charge in [-0.1, -0.05) is 24.3 Å². The van der Waals surface area contributed by atoms with E-state index in [2.05, 4.69) is 27.3 Å². The van der Waals surface area contributed by atoms with Crippen molar-refractivity contribution in [1.82, 2.24) is 9.88 Å². The molecule has 0 radical (unpaired) electrons. The highest BCUT2D eigenvalue weighted by atomic mass is 19.4. The Kier molecular flexibility index (Phi) is 7.50. The van der Waals surface area contributed by atoms with Crippen molar-refractivity contribution in [3.63, 3.8) is 0 Å². The van der Waals surface area contributed by atoms with Crippen molar-refractivity contribution in [2.45, 2.75) is 19.0 Å². The van der Waals surface area contributed by atoms with Gasteiger partial charge in [0.05, 0.1) is 5.56 Å². The van der Waals surface area contributed by atoms with Crippen LogP contribution in [0.1, 0.15) is 18.4 Å². The third-order valence-electron chi connectivity index (χ3n) is 6.05. The van der Waals surface area contributed by atoms with Crippen molar-refractivity contribution in [3.05, 3.63) is 78.6 Å². The molecule has 2 heterocycles. The lowest BCUT2D eigenvalue weighted by Crippen LogP contribution is -2.46. The third-order valence-corrected chi connectivity index (χ3v) is 6.05. The molecule has 1 aliphatic heterocycles. The molecule has 4 rings (SSSR count). The highest BCUT2D eigenvalue weighted by Gasteiger charge is 2.31. The molecule has 0 bridgehead atoms. The fraction of sp³-hybridized carbons (Fsp3) is 0.346. The Morgan fingerprint density at radius 2 is 1.61 bits per heavy atom. The van der Waals surface area contributed by atoms with Crippen LogP contribution >= 0.6 is 0 Å². The largest absolute Gasteiger partial charge is 0.416 e. The zero-order valence-corrected chi connectivity index (χ0v) is 18.6. The van der Waals surface area contributed by atoms with Crippen LogP contribution in [0.5, 0.6) is 0 Å². The zero-order valence-electron chi connectivity index (χ0n) is 18.6. The number of pyridine rings is 1. The van der Waals surface area contributed by atoms with E-state index < -0.39 is 11.7 Å². The van der Waals surface area contributed by atoms with Crippen LogP contribution < -0.4 is 10.2 Å². The molecule has 1 fully saturated rings. The average Bonchev–Trinajstić information content (AvgIpc) is 2.85. The summed E-state index contributed by atoms with van der Waals surface area (Å²) in [6, 6.07) is 18.0. The van der Waals surface area contributed by atoms with Crippen molar-refractivity contribution in [2.75, 3.05) is 49.5 Å². The molecule has 0 saturated carbocycles. The first-order valence-electron chi connectivity index (χ1n) is 11.4. The Morgan fingerprint density at radius 3 is 2.36 bits per heavy atom. The standard InChI is InChI=1S/C26H29F3N4/c27-26(28,29)22-6-5-7-23(20-22)33-18-16-32(17-19-33)15-4-3-12-31-25-9-2-1-8-24(25)21-10-13-30-14-11-21/h1-2,5-11,13-14,20,31H,3-4,12,15-19H2. The number of unbranched alkanes of at least 4 members (excludes halogenated alkanes) is 1. The maximum absolute atomic E-state index is 13.0. The summed E-state index contributed by atoms with van der Waals surface area (Å²) in [4.78, 5) is 8.54. The van der Waals surface area contributed by atoms with Crippen LogP contribution in [0.3, 0.4) is 0 Å². The SMILES string of the molecule is FC(F)(F)c1cccc(N2CCN(CCCCNc3ccccc3-c3ccncc3)CC2)c1. The van der Waals surface area contributed by atoms with Crippen molar-refractivity contribution in [1.29, 1.82) is 0 Å². The monoisotopic (exact) mass is 454 g/mol. The number of para-hydroxylation sites is 1. The van der Waals surface area contributed by atoms with E-state index in [-0.39, 0.29) is 0 Å². The molecule has 4 nitrogen and oxygen atoms in total. The molecule has 7 heteroatoms. The first-order valence-corrected chi connectivity index (χ1v) is 11.4. The number of nitrogens with one attached hydrogen (secondary N) is 1. The highest BCUT2D eigenvalue weighted by molar-refractivity contribution is 5.77. The van der Waals surface area contributed by atoms with Crippen LogP contribution in [0.2, 0.25) is 0 Å². The number of piperazine rings is 1. The number of hydrogen-bond donors (Lipinski definition) is 1. The molecule has 33 heavy (non-hydrogen) atoms. The van der Waals surface area contributed by atoms with Gasteiger partial charge in [-0.3, -0.25) is 9.88 Å². The Bertz CT molecular complexity index is 1020. The van der Waals surface area contributed by atoms with E-state index in [9.17, 15) is 13.2 Å². The molecule has 0 aliphatic carbocycles. The van der Waals surface area contributed by atoms with Gasteiger partial charge in [0.2, 0.25) is 0 Å². The molecule has 2 aromatic carbocycles. The van der Waals surface area contributed by atoms with Crippen LogP contribution in [0, 0.1) is 0 Å². The van der Waals surface area contributed by atoms with Crippen LogP contribution in [-0.4, -0.2) is 49.2 Å². The quantitative estimate of drug-likeness (QED) is 0.437. The summed E-state index contributed by atoms with van der Waals surface area (Å²) in [6.45, 7) is 5.14. The number of hydrogen-bond acceptors (Lipinski definition) is 4. The van der Waals surface area contributed by atoms with Crippen molar-refractivity contribution < 1.29 is 13.2 Å².